The third kappa shape index (κ3) is 3.36. The molecule has 1 aliphatic heterocycles. The number of nitrogens with one attached hydrogen (secondary N) is 1. The molecule has 0 aromatic heterocycles. The molecule has 1 saturated heterocycles. The van der Waals surface area contributed by atoms with Crippen LogP contribution in [-0.4, -0.2) is 29.6 Å². The minimum absolute atomic E-state index is 0.125. The first-order chi connectivity index (χ1) is 7.96. The summed E-state index contributed by atoms with van der Waals surface area (Å²) in [6.45, 7) is 8.05. The van der Waals surface area contributed by atoms with Gasteiger partial charge in [0.25, 0.3) is 0 Å². The highest BCUT2D eigenvalue weighted by atomic mass is 16.2. The molecule has 1 aliphatic carbocycles. The standard InChI is InChI=1S/C14H26N2O/c1-14(2,3)15-13(17)16-9-8-11-6-4-5-7-12(11)10-16/h11-12H,4-10H2,1-3H3,(H,15,17)/t11-,12+/m0/s1. The molecule has 3 heteroatoms. The van der Waals surface area contributed by atoms with Crippen molar-refractivity contribution in [2.24, 2.45) is 11.8 Å². The summed E-state index contributed by atoms with van der Waals surface area (Å²) in [5, 5.41) is 3.07. The number of piperidine rings is 1. The number of nitrogens with zero attached hydrogens (tertiary/aromatic N) is 1. The van der Waals surface area contributed by atoms with E-state index in [-0.39, 0.29) is 11.6 Å². The Labute approximate surface area is 105 Å². The van der Waals surface area contributed by atoms with Crippen LogP contribution in [0.15, 0.2) is 0 Å². The topological polar surface area (TPSA) is 32.3 Å². The Hall–Kier alpha value is -0.730. The predicted molar refractivity (Wildman–Crippen MR) is 69.9 cm³/mol. The smallest absolute Gasteiger partial charge is 0.317 e. The van der Waals surface area contributed by atoms with Gasteiger partial charge in [0.1, 0.15) is 0 Å². The molecule has 2 aliphatic rings. The van der Waals surface area contributed by atoms with Gasteiger partial charge in [0.2, 0.25) is 0 Å². The molecule has 1 saturated carbocycles. The largest absolute Gasteiger partial charge is 0.333 e. The molecule has 2 atom stereocenters. The molecule has 1 N–H and O–H groups in total. The average Bonchev–Trinajstić information content (AvgIpc) is 2.26. The van der Waals surface area contributed by atoms with E-state index in [2.05, 4.69) is 5.32 Å². The highest BCUT2D eigenvalue weighted by Crippen LogP contribution is 2.36. The minimum atomic E-state index is -0.125. The second-order valence-electron chi connectivity index (χ2n) is 6.72. The van der Waals surface area contributed by atoms with Gasteiger partial charge in [-0.25, -0.2) is 4.79 Å². The number of rotatable bonds is 0. The second kappa shape index (κ2) is 4.87. The summed E-state index contributed by atoms with van der Waals surface area (Å²) < 4.78 is 0. The summed E-state index contributed by atoms with van der Waals surface area (Å²) in [5.41, 5.74) is -0.125. The number of fused-ring (bicyclic) bond motifs is 1. The Kier molecular flexibility index (Phi) is 3.64. The van der Waals surface area contributed by atoms with Crippen LogP contribution < -0.4 is 5.32 Å². The van der Waals surface area contributed by atoms with E-state index in [1.54, 1.807) is 0 Å². The molecular weight excluding hydrogens is 212 g/mol. The number of urea groups is 1. The molecule has 0 unspecified atom stereocenters. The van der Waals surface area contributed by atoms with Crippen molar-refractivity contribution < 1.29 is 4.79 Å². The van der Waals surface area contributed by atoms with E-state index in [9.17, 15) is 4.79 Å². The van der Waals surface area contributed by atoms with Crippen LogP contribution in [0.2, 0.25) is 0 Å². The van der Waals surface area contributed by atoms with Crippen LogP contribution in [-0.2, 0) is 0 Å². The van der Waals surface area contributed by atoms with Gasteiger partial charge >= 0.3 is 6.03 Å². The van der Waals surface area contributed by atoms with Crippen LogP contribution in [0, 0.1) is 11.8 Å². The Morgan fingerprint density at radius 3 is 2.41 bits per heavy atom. The lowest BCUT2D eigenvalue weighted by Gasteiger charge is -2.42. The van der Waals surface area contributed by atoms with E-state index in [0.717, 1.165) is 24.9 Å². The number of carbonyl (C=O) groups is 1. The number of amides is 2. The zero-order valence-electron chi connectivity index (χ0n) is 11.5. The number of carbonyl (C=O) groups excluding carboxylic acids is 1. The van der Waals surface area contributed by atoms with Crippen LogP contribution in [0.3, 0.4) is 0 Å². The van der Waals surface area contributed by atoms with Crippen LogP contribution in [0.1, 0.15) is 52.9 Å². The van der Waals surface area contributed by atoms with E-state index >= 15 is 0 Å². The summed E-state index contributed by atoms with van der Waals surface area (Å²) in [7, 11) is 0. The minimum Gasteiger partial charge on any atom is -0.333 e. The molecule has 0 aromatic rings. The molecule has 2 amide bonds. The SMILES string of the molecule is CC(C)(C)NC(=O)N1CC[C@@H]2CCCC[C@@H]2C1. The van der Waals surface area contributed by atoms with E-state index in [4.69, 9.17) is 0 Å². The van der Waals surface area contributed by atoms with Gasteiger partial charge in [-0.2, -0.15) is 0 Å². The van der Waals surface area contributed by atoms with Crippen molar-refractivity contribution in [3.05, 3.63) is 0 Å². The average molecular weight is 238 g/mol. The van der Waals surface area contributed by atoms with Crippen molar-refractivity contribution in [2.75, 3.05) is 13.1 Å². The molecule has 3 nitrogen and oxygen atoms in total. The van der Waals surface area contributed by atoms with Gasteiger partial charge in [-0.05, 0) is 45.4 Å². The van der Waals surface area contributed by atoms with Crippen molar-refractivity contribution >= 4 is 6.03 Å². The summed E-state index contributed by atoms with van der Waals surface area (Å²) >= 11 is 0. The highest BCUT2D eigenvalue weighted by molar-refractivity contribution is 5.75. The first-order valence-corrected chi connectivity index (χ1v) is 7.03. The zero-order chi connectivity index (χ0) is 12.5. The lowest BCUT2D eigenvalue weighted by atomic mass is 9.75. The molecule has 2 fully saturated rings. The van der Waals surface area contributed by atoms with E-state index in [1.807, 2.05) is 25.7 Å². The van der Waals surface area contributed by atoms with E-state index < -0.39 is 0 Å². The third-order valence-corrected chi connectivity index (χ3v) is 4.06. The maximum atomic E-state index is 12.1. The fraction of sp³-hybridized carbons (Fsp3) is 0.929. The van der Waals surface area contributed by atoms with Crippen molar-refractivity contribution in [2.45, 2.75) is 58.4 Å². The van der Waals surface area contributed by atoms with Crippen molar-refractivity contribution in [1.82, 2.24) is 10.2 Å². The van der Waals surface area contributed by atoms with Crippen molar-refractivity contribution in [3.63, 3.8) is 0 Å². The van der Waals surface area contributed by atoms with E-state index in [1.165, 1.54) is 32.1 Å². The molecule has 98 valence electrons. The lowest BCUT2D eigenvalue weighted by Crippen LogP contribution is -2.53. The molecule has 0 spiro atoms. The second-order valence-corrected chi connectivity index (χ2v) is 6.72. The summed E-state index contributed by atoms with van der Waals surface area (Å²) in [6.07, 6.45) is 6.68. The fourth-order valence-corrected chi connectivity index (χ4v) is 3.19. The lowest BCUT2D eigenvalue weighted by molar-refractivity contribution is 0.0990. The Bertz CT molecular complexity index is 282. The predicted octanol–water partition coefficient (Wildman–Crippen LogP) is 3.01. The quantitative estimate of drug-likeness (QED) is 0.691. The van der Waals surface area contributed by atoms with Crippen LogP contribution in [0.25, 0.3) is 0 Å². The summed E-state index contributed by atoms with van der Waals surface area (Å²) in [5.74, 6) is 1.66. The molecular formula is C14H26N2O. The first-order valence-electron chi connectivity index (χ1n) is 7.03. The van der Waals surface area contributed by atoms with Gasteiger partial charge in [0.15, 0.2) is 0 Å². The van der Waals surface area contributed by atoms with E-state index in [0.29, 0.717) is 0 Å². The van der Waals surface area contributed by atoms with Crippen LogP contribution in [0.4, 0.5) is 4.79 Å². The highest BCUT2D eigenvalue weighted by Gasteiger charge is 2.33. The van der Waals surface area contributed by atoms with Gasteiger partial charge in [-0.1, -0.05) is 19.3 Å². The van der Waals surface area contributed by atoms with Crippen molar-refractivity contribution in [3.8, 4) is 0 Å². The normalized spacial score (nSPS) is 29.7. The van der Waals surface area contributed by atoms with Gasteiger partial charge in [-0.15, -0.1) is 0 Å². The van der Waals surface area contributed by atoms with Gasteiger partial charge in [-0.3, -0.25) is 0 Å². The summed E-state index contributed by atoms with van der Waals surface area (Å²) in [6, 6.07) is 0.126. The van der Waals surface area contributed by atoms with Gasteiger partial charge in [0, 0.05) is 18.6 Å². The monoisotopic (exact) mass is 238 g/mol. The fourth-order valence-electron chi connectivity index (χ4n) is 3.19. The van der Waals surface area contributed by atoms with Gasteiger partial charge < -0.3 is 10.2 Å². The molecule has 0 radical (unpaired) electrons. The zero-order valence-corrected chi connectivity index (χ0v) is 11.5. The maximum absolute atomic E-state index is 12.1. The molecule has 2 rings (SSSR count). The third-order valence-electron chi connectivity index (χ3n) is 4.06. The number of likely N-dealkylation sites (tertiary alicyclic amines) is 1. The first kappa shape index (κ1) is 12.7. The van der Waals surface area contributed by atoms with Crippen LogP contribution in [0.5, 0.6) is 0 Å². The summed E-state index contributed by atoms with van der Waals surface area (Å²) in [4.78, 5) is 14.1. The Balaban J connectivity index is 1.89. The molecule has 0 bridgehead atoms. The maximum Gasteiger partial charge on any atom is 0.317 e. The molecule has 0 aromatic carbocycles. The molecule has 1 heterocycles. The Morgan fingerprint density at radius 1 is 1.12 bits per heavy atom. The number of hydrogen-bond donors (Lipinski definition) is 1. The van der Waals surface area contributed by atoms with Crippen molar-refractivity contribution in [1.29, 1.82) is 0 Å². The number of hydrogen-bond acceptors (Lipinski definition) is 1. The van der Waals surface area contributed by atoms with Crippen LogP contribution >= 0.6 is 0 Å². The molecule has 17 heavy (non-hydrogen) atoms. The Morgan fingerprint density at radius 2 is 1.76 bits per heavy atom. The van der Waals surface area contributed by atoms with Gasteiger partial charge in [0.05, 0.1) is 0 Å².